The van der Waals surface area contributed by atoms with Gasteiger partial charge in [-0.2, -0.15) is 0 Å². The van der Waals surface area contributed by atoms with E-state index in [0.29, 0.717) is 17.7 Å². The van der Waals surface area contributed by atoms with Gasteiger partial charge in [-0.1, -0.05) is 30.3 Å². The highest BCUT2D eigenvalue weighted by Crippen LogP contribution is 2.22. The molecule has 19 heavy (non-hydrogen) atoms. The molecule has 5 heteroatoms. The maximum absolute atomic E-state index is 12.5. The van der Waals surface area contributed by atoms with E-state index in [4.69, 9.17) is 12.2 Å². The first-order valence-corrected chi connectivity index (χ1v) is 7.07. The topological polar surface area (TPSA) is 44.4 Å². The summed E-state index contributed by atoms with van der Waals surface area (Å²) in [6.45, 7) is 1.71. The quantitative estimate of drug-likeness (QED) is 0.814. The largest absolute Gasteiger partial charge is 0.347 e. The van der Waals surface area contributed by atoms with Crippen LogP contribution in [0.1, 0.15) is 24.4 Å². The van der Waals surface area contributed by atoms with E-state index < -0.39 is 0 Å². The summed E-state index contributed by atoms with van der Waals surface area (Å²) in [5, 5.41) is 7.07. The van der Waals surface area contributed by atoms with E-state index in [1.54, 1.807) is 4.90 Å². The van der Waals surface area contributed by atoms with Crippen LogP contribution >= 0.6 is 12.2 Å². The molecule has 0 saturated carbocycles. The Balaban J connectivity index is 1.73. The molecule has 2 saturated heterocycles. The number of amides is 1. The van der Waals surface area contributed by atoms with Crippen molar-refractivity contribution in [2.45, 2.75) is 24.9 Å². The maximum Gasteiger partial charge on any atom is 0.255 e. The molecule has 1 aromatic carbocycles. The minimum atomic E-state index is -0.324. The number of nitrogens with zero attached hydrogens (tertiary/aromatic N) is 1. The summed E-state index contributed by atoms with van der Waals surface area (Å²) >= 11 is 5.30. The fraction of sp³-hybridized carbons (Fsp3) is 0.429. The normalized spacial score (nSPS) is 26.8. The molecule has 0 bridgehead atoms. The van der Waals surface area contributed by atoms with Gasteiger partial charge in [0.2, 0.25) is 0 Å². The van der Waals surface area contributed by atoms with E-state index >= 15 is 0 Å². The predicted molar refractivity (Wildman–Crippen MR) is 77.7 cm³/mol. The Bertz CT molecular complexity index is 485. The summed E-state index contributed by atoms with van der Waals surface area (Å²) in [5.74, 6) is 0.0601. The monoisotopic (exact) mass is 275 g/mol. The second-order valence-corrected chi connectivity index (χ2v) is 5.42. The SMILES string of the molecule is O=C1[C@H](c2ccccc2)NC(=S)N1C[C@@H]1CCCN1. The molecule has 1 aromatic rings. The molecule has 2 aliphatic rings. The molecule has 2 atom stereocenters. The molecule has 2 N–H and O–H groups in total. The summed E-state index contributed by atoms with van der Waals surface area (Å²) in [6, 6.07) is 9.78. The molecule has 0 unspecified atom stereocenters. The van der Waals surface area contributed by atoms with Crippen LogP contribution in [0.15, 0.2) is 30.3 Å². The fourth-order valence-electron chi connectivity index (χ4n) is 2.70. The van der Waals surface area contributed by atoms with Crippen molar-refractivity contribution >= 4 is 23.2 Å². The van der Waals surface area contributed by atoms with Gasteiger partial charge < -0.3 is 10.6 Å². The van der Waals surface area contributed by atoms with Crippen molar-refractivity contribution in [3.05, 3.63) is 35.9 Å². The minimum absolute atomic E-state index is 0.0601. The first-order chi connectivity index (χ1) is 9.25. The lowest BCUT2D eigenvalue weighted by Gasteiger charge is -2.19. The molecule has 0 aromatic heterocycles. The molecule has 3 rings (SSSR count). The van der Waals surface area contributed by atoms with E-state index in [1.807, 2.05) is 30.3 Å². The van der Waals surface area contributed by atoms with Crippen molar-refractivity contribution in [3.8, 4) is 0 Å². The van der Waals surface area contributed by atoms with E-state index in [0.717, 1.165) is 18.5 Å². The second kappa shape index (κ2) is 5.27. The van der Waals surface area contributed by atoms with Crippen LogP contribution in [0.5, 0.6) is 0 Å². The van der Waals surface area contributed by atoms with Gasteiger partial charge in [0.1, 0.15) is 6.04 Å². The van der Waals surface area contributed by atoms with Crippen molar-refractivity contribution in [1.82, 2.24) is 15.5 Å². The third-order valence-electron chi connectivity index (χ3n) is 3.72. The van der Waals surface area contributed by atoms with Crippen molar-refractivity contribution in [3.63, 3.8) is 0 Å². The van der Waals surface area contributed by atoms with Gasteiger partial charge in [0.05, 0.1) is 0 Å². The zero-order valence-corrected chi connectivity index (χ0v) is 11.5. The molecule has 2 aliphatic heterocycles. The van der Waals surface area contributed by atoms with Crippen molar-refractivity contribution in [2.75, 3.05) is 13.1 Å². The maximum atomic E-state index is 12.5. The minimum Gasteiger partial charge on any atom is -0.347 e. The number of hydrogen-bond acceptors (Lipinski definition) is 3. The molecule has 2 fully saturated rings. The van der Waals surface area contributed by atoms with E-state index in [9.17, 15) is 4.79 Å². The van der Waals surface area contributed by atoms with Crippen molar-refractivity contribution in [1.29, 1.82) is 0 Å². The van der Waals surface area contributed by atoms with Crippen molar-refractivity contribution < 1.29 is 4.79 Å². The number of hydrogen-bond donors (Lipinski definition) is 2. The number of nitrogens with one attached hydrogen (secondary N) is 2. The Kier molecular flexibility index (Phi) is 3.48. The van der Waals surface area contributed by atoms with Crippen LogP contribution in [0.4, 0.5) is 0 Å². The first kappa shape index (κ1) is 12.6. The molecule has 4 nitrogen and oxygen atoms in total. The van der Waals surface area contributed by atoms with Gasteiger partial charge in [-0.25, -0.2) is 0 Å². The summed E-state index contributed by atoms with van der Waals surface area (Å²) in [6.07, 6.45) is 2.29. The van der Waals surface area contributed by atoms with Crippen LogP contribution in [0.25, 0.3) is 0 Å². The lowest BCUT2D eigenvalue weighted by Crippen LogP contribution is -2.41. The number of carbonyl (C=O) groups is 1. The molecule has 1 amide bonds. The van der Waals surface area contributed by atoms with Crippen LogP contribution in [-0.4, -0.2) is 35.1 Å². The van der Waals surface area contributed by atoms with Gasteiger partial charge in [-0.3, -0.25) is 9.69 Å². The Morgan fingerprint density at radius 2 is 2.11 bits per heavy atom. The van der Waals surface area contributed by atoms with Gasteiger partial charge in [0.25, 0.3) is 5.91 Å². The third kappa shape index (κ3) is 2.48. The fourth-order valence-corrected chi connectivity index (χ4v) is 2.98. The summed E-state index contributed by atoms with van der Waals surface area (Å²) in [7, 11) is 0. The Morgan fingerprint density at radius 3 is 2.79 bits per heavy atom. The first-order valence-electron chi connectivity index (χ1n) is 6.66. The van der Waals surface area contributed by atoms with E-state index in [2.05, 4.69) is 10.6 Å². The van der Waals surface area contributed by atoms with Gasteiger partial charge in [-0.15, -0.1) is 0 Å². The lowest BCUT2D eigenvalue weighted by atomic mass is 10.1. The number of benzene rings is 1. The summed E-state index contributed by atoms with van der Waals surface area (Å²) < 4.78 is 0. The zero-order chi connectivity index (χ0) is 13.2. The second-order valence-electron chi connectivity index (χ2n) is 5.04. The summed E-state index contributed by atoms with van der Waals surface area (Å²) in [4.78, 5) is 14.2. The highest BCUT2D eigenvalue weighted by Gasteiger charge is 2.37. The zero-order valence-electron chi connectivity index (χ0n) is 10.6. The van der Waals surface area contributed by atoms with Gasteiger partial charge in [0.15, 0.2) is 5.11 Å². The van der Waals surface area contributed by atoms with Crippen molar-refractivity contribution in [2.24, 2.45) is 0 Å². The van der Waals surface area contributed by atoms with Gasteiger partial charge in [0, 0.05) is 12.6 Å². The highest BCUT2D eigenvalue weighted by atomic mass is 32.1. The average Bonchev–Trinajstić information content (AvgIpc) is 3.03. The number of carbonyl (C=O) groups excluding carboxylic acids is 1. The van der Waals surface area contributed by atoms with Crippen LogP contribution < -0.4 is 10.6 Å². The summed E-state index contributed by atoms with van der Waals surface area (Å²) in [5.41, 5.74) is 0.969. The van der Waals surface area contributed by atoms with Gasteiger partial charge >= 0.3 is 0 Å². The Labute approximate surface area is 118 Å². The molecule has 100 valence electrons. The van der Waals surface area contributed by atoms with Crippen LogP contribution in [0.2, 0.25) is 0 Å². The molecular formula is C14H17N3OS. The Morgan fingerprint density at radius 1 is 1.32 bits per heavy atom. The molecule has 0 aliphatic carbocycles. The number of rotatable bonds is 3. The van der Waals surface area contributed by atoms with Crippen LogP contribution in [0.3, 0.4) is 0 Å². The molecular weight excluding hydrogens is 258 g/mol. The predicted octanol–water partition coefficient (Wildman–Crippen LogP) is 1.20. The standard InChI is InChI=1S/C14H17N3OS/c18-13-12(10-5-2-1-3-6-10)16-14(19)17(13)9-11-7-4-8-15-11/h1-3,5-6,11-12,15H,4,7-9H2,(H,16,19)/t11-,12-/m0/s1. The highest BCUT2D eigenvalue weighted by molar-refractivity contribution is 7.80. The van der Waals surface area contributed by atoms with E-state index in [1.165, 1.54) is 6.42 Å². The third-order valence-corrected chi connectivity index (χ3v) is 4.06. The van der Waals surface area contributed by atoms with Gasteiger partial charge in [-0.05, 0) is 37.2 Å². The molecule has 0 spiro atoms. The number of thiocarbonyl (C=S) groups is 1. The van der Waals surface area contributed by atoms with Crippen LogP contribution in [-0.2, 0) is 4.79 Å². The van der Waals surface area contributed by atoms with E-state index in [-0.39, 0.29) is 11.9 Å². The van der Waals surface area contributed by atoms with Crippen LogP contribution in [0, 0.1) is 0 Å². The molecule has 0 radical (unpaired) electrons. The molecule has 2 heterocycles. The smallest absolute Gasteiger partial charge is 0.255 e. The Hall–Kier alpha value is -1.46. The lowest BCUT2D eigenvalue weighted by molar-refractivity contribution is -0.127. The average molecular weight is 275 g/mol.